The van der Waals surface area contributed by atoms with Crippen molar-refractivity contribution in [1.82, 2.24) is 15.1 Å². The summed E-state index contributed by atoms with van der Waals surface area (Å²) in [6.07, 6.45) is 6.87. The topological polar surface area (TPSA) is 56.2 Å². The second-order valence-corrected chi connectivity index (χ2v) is 12.5. The number of benzene rings is 1. The number of carbonyl (C=O) groups is 1. The van der Waals surface area contributed by atoms with Gasteiger partial charge in [-0.1, -0.05) is 18.2 Å². The Balaban J connectivity index is 2.33. The number of nitrogens with one attached hydrogen (secondary N) is 1. The highest BCUT2D eigenvalue weighted by molar-refractivity contribution is 8.32. The molecule has 0 spiro atoms. The van der Waals surface area contributed by atoms with Crippen LogP contribution >= 0.6 is 10.0 Å². The van der Waals surface area contributed by atoms with Gasteiger partial charge >= 0.3 is 0 Å². The fraction of sp³-hybridized carbons (Fsp3) is 0.579. The molecule has 0 fully saturated rings. The molecular weight excluding hydrogens is 334 g/mol. The molecule has 1 aromatic carbocycles. The van der Waals surface area contributed by atoms with E-state index in [0.29, 0.717) is 6.73 Å². The zero-order valence-electron chi connectivity index (χ0n) is 16.5. The van der Waals surface area contributed by atoms with E-state index in [1.54, 1.807) is 0 Å². The first-order valence-corrected chi connectivity index (χ1v) is 11.5. The highest BCUT2D eigenvalue weighted by Gasteiger charge is 2.28. The quantitative estimate of drug-likeness (QED) is 0.765. The first-order valence-electron chi connectivity index (χ1n) is 8.50. The monoisotopic (exact) mass is 365 g/mol. The van der Waals surface area contributed by atoms with Crippen LogP contribution in [-0.4, -0.2) is 46.8 Å². The number of ether oxygens (including phenoxy) is 1. The van der Waals surface area contributed by atoms with Gasteiger partial charge in [0.25, 0.3) is 0 Å². The number of rotatable bonds is 7. The van der Waals surface area contributed by atoms with Gasteiger partial charge in [0.05, 0.1) is 23.4 Å². The maximum absolute atomic E-state index is 11.6. The van der Waals surface area contributed by atoms with E-state index < -0.39 is 15.6 Å². The van der Waals surface area contributed by atoms with Crippen LogP contribution in [0, 0.1) is 6.92 Å². The number of aryl methyl sites for hydroxylation is 1. The summed E-state index contributed by atoms with van der Waals surface area (Å²) in [4.78, 5) is 11.6. The van der Waals surface area contributed by atoms with Gasteiger partial charge in [-0.25, -0.2) is 14.7 Å². The van der Waals surface area contributed by atoms with Crippen molar-refractivity contribution in [3.8, 4) is 0 Å². The van der Waals surface area contributed by atoms with Gasteiger partial charge < -0.3 is 10.1 Å². The number of hydrogen-bond donors (Lipinski definition) is 1. The van der Waals surface area contributed by atoms with E-state index >= 15 is 0 Å². The molecule has 1 amide bonds. The zero-order valence-corrected chi connectivity index (χ0v) is 17.3. The van der Waals surface area contributed by atoms with Gasteiger partial charge in [-0.2, -0.15) is 5.10 Å². The average molecular weight is 366 g/mol. The van der Waals surface area contributed by atoms with Crippen LogP contribution in [0.4, 0.5) is 0 Å². The summed E-state index contributed by atoms with van der Waals surface area (Å²) in [7, 11) is -0.563. The van der Waals surface area contributed by atoms with Crippen LogP contribution in [0.3, 0.4) is 0 Å². The third kappa shape index (κ3) is 4.98. The molecule has 0 aliphatic carbocycles. The van der Waals surface area contributed by atoms with Gasteiger partial charge in [-0.3, -0.25) is 4.79 Å². The summed E-state index contributed by atoms with van der Waals surface area (Å²) in [5.41, 5.74) is 2.55. The molecule has 2 rings (SSSR count). The lowest BCUT2D eigenvalue weighted by atomic mass is 9.96. The van der Waals surface area contributed by atoms with Crippen LogP contribution in [-0.2, 0) is 21.8 Å². The first-order chi connectivity index (χ1) is 11.5. The first kappa shape index (κ1) is 19.8. The molecule has 0 bridgehead atoms. The molecule has 140 valence electrons. The Labute approximate surface area is 152 Å². The maximum Gasteiger partial charge on any atom is 0.217 e. The van der Waals surface area contributed by atoms with Crippen molar-refractivity contribution in [2.45, 2.75) is 40.0 Å². The third-order valence-electron chi connectivity index (χ3n) is 4.11. The second kappa shape index (κ2) is 7.38. The van der Waals surface area contributed by atoms with Gasteiger partial charge in [-0.05, 0) is 45.1 Å². The Kier molecular flexibility index (Phi) is 5.84. The largest absolute Gasteiger partial charge is 0.358 e. The minimum absolute atomic E-state index is 0.0650. The number of aromatic nitrogens is 2. The van der Waals surface area contributed by atoms with E-state index in [-0.39, 0.29) is 5.91 Å². The predicted octanol–water partition coefficient (Wildman–Crippen LogP) is 3.38. The SMILES string of the molecule is CC(=O)NC(C)(C)c1nn(COCCS(C)(C)C)c2c(C)cccc12. The number of para-hydroxylation sites is 1. The molecule has 0 saturated heterocycles. The van der Waals surface area contributed by atoms with Crippen LogP contribution in [0.1, 0.15) is 32.0 Å². The Hall–Kier alpha value is -1.53. The normalized spacial score (nSPS) is 13.2. The van der Waals surface area contributed by atoms with Gasteiger partial charge in [0.15, 0.2) is 0 Å². The fourth-order valence-corrected chi connectivity index (χ4v) is 3.55. The summed E-state index contributed by atoms with van der Waals surface area (Å²) in [5.74, 6) is 1.01. The predicted molar refractivity (Wildman–Crippen MR) is 107 cm³/mol. The van der Waals surface area contributed by atoms with Crippen LogP contribution in [0.5, 0.6) is 0 Å². The van der Waals surface area contributed by atoms with E-state index in [1.165, 1.54) is 6.92 Å². The lowest BCUT2D eigenvalue weighted by Gasteiger charge is -2.24. The Bertz CT molecular complexity index is 760. The van der Waals surface area contributed by atoms with Crippen LogP contribution in [0.2, 0.25) is 0 Å². The summed E-state index contributed by atoms with van der Waals surface area (Å²) in [6, 6.07) is 6.17. The standard InChI is InChI=1S/C19H31N3O2S/c1-14-9-8-10-16-17(14)22(13-24-11-12-25(5,6)7)21-18(16)19(3,4)20-15(2)23/h8-10H,11-13H2,1-7H3,(H,20,23). The molecule has 0 aliphatic rings. The second-order valence-electron chi connectivity index (χ2n) is 7.96. The molecule has 1 heterocycles. The molecule has 2 aromatic rings. The highest BCUT2D eigenvalue weighted by Crippen LogP contribution is 2.34. The summed E-state index contributed by atoms with van der Waals surface area (Å²) in [6.45, 7) is 8.72. The third-order valence-corrected chi connectivity index (χ3v) is 5.50. The van der Waals surface area contributed by atoms with Gasteiger partial charge in [0, 0.05) is 18.1 Å². The maximum atomic E-state index is 11.6. The van der Waals surface area contributed by atoms with Crippen LogP contribution < -0.4 is 5.32 Å². The highest BCUT2D eigenvalue weighted by atomic mass is 32.3. The van der Waals surface area contributed by atoms with Crippen molar-refractivity contribution in [3.63, 3.8) is 0 Å². The summed E-state index contributed by atoms with van der Waals surface area (Å²) >= 11 is 0. The lowest BCUT2D eigenvalue weighted by molar-refractivity contribution is -0.120. The Morgan fingerprint density at radius 2 is 2.00 bits per heavy atom. The van der Waals surface area contributed by atoms with Crippen molar-refractivity contribution in [3.05, 3.63) is 29.5 Å². The number of nitrogens with zero attached hydrogens (tertiary/aromatic N) is 2. The molecule has 5 nitrogen and oxygen atoms in total. The smallest absolute Gasteiger partial charge is 0.217 e. The van der Waals surface area contributed by atoms with E-state index in [4.69, 9.17) is 9.84 Å². The number of hydrogen-bond acceptors (Lipinski definition) is 3. The van der Waals surface area contributed by atoms with Crippen molar-refractivity contribution < 1.29 is 9.53 Å². The van der Waals surface area contributed by atoms with Gasteiger partial charge in [0.2, 0.25) is 5.91 Å². The van der Waals surface area contributed by atoms with Crippen LogP contribution in [0.15, 0.2) is 18.2 Å². The van der Waals surface area contributed by atoms with Crippen molar-refractivity contribution >= 4 is 26.8 Å². The molecule has 0 unspecified atom stereocenters. The summed E-state index contributed by atoms with van der Waals surface area (Å²) < 4.78 is 7.82. The molecule has 1 aromatic heterocycles. The minimum Gasteiger partial charge on any atom is -0.358 e. The fourth-order valence-electron chi connectivity index (χ4n) is 2.93. The Morgan fingerprint density at radius 3 is 2.60 bits per heavy atom. The number of fused-ring (bicyclic) bond motifs is 1. The van der Waals surface area contributed by atoms with Crippen LogP contribution in [0.25, 0.3) is 10.9 Å². The molecule has 0 radical (unpaired) electrons. The van der Waals surface area contributed by atoms with E-state index in [1.807, 2.05) is 24.6 Å². The number of amides is 1. The zero-order chi connectivity index (χ0) is 18.8. The summed E-state index contributed by atoms with van der Waals surface area (Å²) in [5, 5.41) is 8.85. The lowest BCUT2D eigenvalue weighted by Crippen LogP contribution is -2.40. The van der Waals surface area contributed by atoms with Crippen molar-refractivity contribution in [2.75, 3.05) is 31.1 Å². The molecule has 0 saturated carbocycles. The van der Waals surface area contributed by atoms with Gasteiger partial charge in [-0.15, -0.1) is 0 Å². The van der Waals surface area contributed by atoms with Crippen molar-refractivity contribution in [2.24, 2.45) is 0 Å². The average Bonchev–Trinajstić information content (AvgIpc) is 2.82. The molecular formula is C19H31N3O2S. The minimum atomic E-state index is -0.563. The molecule has 0 atom stereocenters. The number of carbonyl (C=O) groups excluding carboxylic acids is 1. The van der Waals surface area contributed by atoms with Crippen molar-refractivity contribution in [1.29, 1.82) is 0 Å². The van der Waals surface area contributed by atoms with E-state index in [0.717, 1.165) is 34.5 Å². The Morgan fingerprint density at radius 1 is 1.32 bits per heavy atom. The van der Waals surface area contributed by atoms with E-state index in [9.17, 15) is 4.79 Å². The molecule has 25 heavy (non-hydrogen) atoms. The molecule has 6 heteroatoms. The molecule has 0 aliphatic heterocycles. The molecule has 1 N–H and O–H groups in total. The van der Waals surface area contributed by atoms with Gasteiger partial charge in [0.1, 0.15) is 6.73 Å². The van der Waals surface area contributed by atoms with E-state index in [2.05, 4.69) is 43.1 Å².